The Kier molecular flexibility index (Phi) is 4.92. The Morgan fingerprint density at radius 3 is 2.45 bits per heavy atom. The quantitative estimate of drug-likeness (QED) is 0.781. The van der Waals surface area contributed by atoms with E-state index in [1.807, 2.05) is 0 Å². The summed E-state index contributed by atoms with van der Waals surface area (Å²) < 4.78 is 28.5. The fourth-order valence-corrected chi connectivity index (χ4v) is 4.16. The van der Waals surface area contributed by atoms with Gasteiger partial charge >= 0.3 is 0 Å². The molecule has 1 aromatic carbocycles. The van der Waals surface area contributed by atoms with E-state index in [-0.39, 0.29) is 16.0 Å². The van der Waals surface area contributed by atoms with Crippen LogP contribution in [-0.4, -0.2) is 49.9 Å². The predicted molar refractivity (Wildman–Crippen MR) is 87.8 cm³/mol. The van der Waals surface area contributed by atoms with Crippen molar-refractivity contribution in [2.75, 3.05) is 20.6 Å². The minimum atomic E-state index is -3.83. The Hall–Kier alpha value is -1.80. The van der Waals surface area contributed by atoms with Crippen LogP contribution < -0.4 is 0 Å². The molecular formula is C14H17N3O3S2. The molecule has 0 unspecified atom stereocenters. The van der Waals surface area contributed by atoms with Crippen LogP contribution in [0.4, 0.5) is 0 Å². The van der Waals surface area contributed by atoms with Gasteiger partial charge in [0.05, 0.1) is 9.80 Å². The van der Waals surface area contributed by atoms with E-state index >= 15 is 0 Å². The zero-order chi connectivity index (χ0) is 16.3. The normalized spacial score (nSPS) is 19.2. The third-order valence-electron chi connectivity index (χ3n) is 2.82. The predicted octanol–water partition coefficient (Wildman–Crippen LogP) is 1.73. The molecule has 1 aromatic rings. The highest BCUT2D eigenvalue weighted by molar-refractivity contribution is 8.19. The molecule has 0 spiro atoms. The largest absolute Gasteiger partial charge is 0.382 e. The zero-order valence-corrected chi connectivity index (χ0v) is 14.2. The van der Waals surface area contributed by atoms with Crippen LogP contribution in [0.3, 0.4) is 0 Å². The van der Waals surface area contributed by atoms with Gasteiger partial charge in [0.15, 0.2) is 5.17 Å². The van der Waals surface area contributed by atoms with Crippen molar-refractivity contribution in [1.82, 2.24) is 9.80 Å². The highest BCUT2D eigenvalue weighted by Gasteiger charge is 2.34. The third-order valence-corrected chi connectivity index (χ3v) is 5.21. The van der Waals surface area contributed by atoms with E-state index in [2.05, 4.69) is 4.40 Å². The number of rotatable bonds is 4. The van der Waals surface area contributed by atoms with Crippen molar-refractivity contribution in [1.29, 1.82) is 0 Å². The highest BCUT2D eigenvalue weighted by atomic mass is 32.2. The topological polar surface area (TPSA) is 70.1 Å². The Labute approximate surface area is 134 Å². The van der Waals surface area contributed by atoms with E-state index in [0.29, 0.717) is 11.4 Å². The first-order valence-corrected chi connectivity index (χ1v) is 8.89. The molecule has 1 amide bonds. The molecule has 22 heavy (non-hydrogen) atoms. The summed E-state index contributed by atoms with van der Waals surface area (Å²) in [5.74, 6) is -0.233. The average molecular weight is 339 g/mol. The lowest BCUT2D eigenvalue weighted by molar-refractivity contribution is -0.122. The zero-order valence-electron chi connectivity index (χ0n) is 12.6. The number of benzene rings is 1. The Morgan fingerprint density at radius 1 is 1.27 bits per heavy atom. The lowest BCUT2D eigenvalue weighted by Crippen LogP contribution is -2.29. The van der Waals surface area contributed by atoms with Crippen molar-refractivity contribution in [3.63, 3.8) is 0 Å². The van der Waals surface area contributed by atoms with Crippen LogP contribution in [-0.2, 0) is 14.8 Å². The molecule has 1 aliphatic heterocycles. The minimum Gasteiger partial charge on any atom is -0.382 e. The van der Waals surface area contributed by atoms with Gasteiger partial charge in [-0.1, -0.05) is 18.2 Å². The molecule has 1 aliphatic rings. The van der Waals surface area contributed by atoms with Gasteiger partial charge < -0.3 is 4.90 Å². The first-order valence-electron chi connectivity index (χ1n) is 6.63. The molecule has 0 bridgehead atoms. The van der Waals surface area contributed by atoms with Gasteiger partial charge in [-0.3, -0.25) is 9.69 Å². The lowest BCUT2D eigenvalue weighted by Gasteiger charge is -2.12. The number of thioether (sulfide) groups is 1. The van der Waals surface area contributed by atoms with Crippen LogP contribution in [0.15, 0.2) is 50.7 Å². The lowest BCUT2D eigenvalue weighted by atomic mass is 10.4. The van der Waals surface area contributed by atoms with Gasteiger partial charge in [-0.05, 0) is 30.8 Å². The van der Waals surface area contributed by atoms with Crippen molar-refractivity contribution in [3.05, 3.63) is 41.4 Å². The molecule has 2 rings (SSSR count). The van der Waals surface area contributed by atoms with Crippen molar-refractivity contribution < 1.29 is 13.2 Å². The van der Waals surface area contributed by atoms with Gasteiger partial charge in [-0.2, -0.15) is 8.42 Å². The molecule has 118 valence electrons. The molecule has 0 atom stereocenters. The SMILES string of the molecule is CCN1C(=O)/C(=C/N(C)C)S/C1=N\S(=O)(=O)c1ccccc1. The number of sulfonamides is 1. The molecule has 0 radical (unpaired) electrons. The van der Waals surface area contributed by atoms with E-state index in [1.54, 1.807) is 50.3 Å². The fourth-order valence-electron chi connectivity index (χ4n) is 1.83. The second kappa shape index (κ2) is 6.53. The molecule has 1 heterocycles. The van der Waals surface area contributed by atoms with Crippen LogP contribution in [0.25, 0.3) is 0 Å². The molecule has 8 heteroatoms. The number of carbonyl (C=O) groups is 1. The Bertz CT molecular complexity index is 725. The molecule has 0 N–H and O–H groups in total. The van der Waals surface area contributed by atoms with Gasteiger partial charge in [-0.15, -0.1) is 4.40 Å². The van der Waals surface area contributed by atoms with Gasteiger partial charge in [0.1, 0.15) is 0 Å². The van der Waals surface area contributed by atoms with E-state index in [4.69, 9.17) is 0 Å². The van der Waals surface area contributed by atoms with Crippen LogP contribution in [0.2, 0.25) is 0 Å². The number of nitrogens with zero attached hydrogens (tertiary/aromatic N) is 3. The fraction of sp³-hybridized carbons (Fsp3) is 0.286. The molecule has 0 aliphatic carbocycles. The first-order chi connectivity index (χ1) is 10.3. The highest BCUT2D eigenvalue weighted by Crippen LogP contribution is 2.32. The number of hydrogen-bond donors (Lipinski definition) is 0. The second-order valence-corrected chi connectivity index (χ2v) is 7.38. The number of likely N-dealkylation sites (N-methyl/N-ethyl adjacent to an activating group) is 1. The molecule has 6 nitrogen and oxygen atoms in total. The summed E-state index contributed by atoms with van der Waals surface area (Å²) in [7, 11) is -0.232. The summed E-state index contributed by atoms with van der Waals surface area (Å²) in [6.07, 6.45) is 1.66. The van der Waals surface area contributed by atoms with Gasteiger partial charge in [0.2, 0.25) is 0 Å². The maximum Gasteiger partial charge on any atom is 0.284 e. The standard InChI is InChI=1S/C14H17N3O3S2/c1-4-17-13(18)12(10-16(2)3)21-14(17)15-22(19,20)11-8-6-5-7-9-11/h5-10H,4H2,1-3H3/b12-10-,15-14-. The van der Waals surface area contributed by atoms with E-state index in [9.17, 15) is 13.2 Å². The van der Waals surface area contributed by atoms with Crippen LogP contribution >= 0.6 is 11.8 Å². The average Bonchev–Trinajstić information content (AvgIpc) is 2.74. The summed E-state index contributed by atoms with van der Waals surface area (Å²) in [5, 5.41) is 0.185. The van der Waals surface area contributed by atoms with Crippen molar-refractivity contribution in [2.24, 2.45) is 4.40 Å². The van der Waals surface area contributed by atoms with Gasteiger partial charge in [0.25, 0.3) is 15.9 Å². The maximum absolute atomic E-state index is 12.3. The smallest absolute Gasteiger partial charge is 0.284 e. The summed E-state index contributed by atoms with van der Waals surface area (Å²) in [4.78, 5) is 15.9. The summed E-state index contributed by atoms with van der Waals surface area (Å²) in [6, 6.07) is 7.96. The molecule has 0 aromatic heterocycles. The first kappa shape index (κ1) is 16.6. The molecule has 1 saturated heterocycles. The summed E-state index contributed by atoms with van der Waals surface area (Å²) in [5.41, 5.74) is 0. The van der Waals surface area contributed by atoms with Crippen LogP contribution in [0.5, 0.6) is 0 Å². The molecule has 1 fully saturated rings. The van der Waals surface area contributed by atoms with E-state index < -0.39 is 10.0 Å². The van der Waals surface area contributed by atoms with Gasteiger partial charge in [-0.25, -0.2) is 0 Å². The van der Waals surface area contributed by atoms with Gasteiger partial charge in [0, 0.05) is 26.8 Å². The molecular weight excluding hydrogens is 322 g/mol. The number of carbonyl (C=O) groups excluding carboxylic acids is 1. The minimum absolute atomic E-state index is 0.108. The number of hydrogen-bond acceptors (Lipinski definition) is 5. The second-order valence-electron chi connectivity index (χ2n) is 4.77. The van der Waals surface area contributed by atoms with Crippen molar-refractivity contribution >= 4 is 32.9 Å². The summed E-state index contributed by atoms with van der Waals surface area (Å²) >= 11 is 1.07. The van der Waals surface area contributed by atoms with Crippen molar-refractivity contribution in [3.8, 4) is 0 Å². The third kappa shape index (κ3) is 3.50. The van der Waals surface area contributed by atoms with Crippen LogP contribution in [0, 0.1) is 0 Å². The number of amides is 1. The number of amidine groups is 1. The Balaban J connectivity index is 2.41. The van der Waals surface area contributed by atoms with Crippen molar-refractivity contribution in [2.45, 2.75) is 11.8 Å². The maximum atomic E-state index is 12.3. The van der Waals surface area contributed by atoms with E-state index in [0.717, 1.165) is 11.8 Å². The van der Waals surface area contributed by atoms with Crippen LogP contribution in [0.1, 0.15) is 6.92 Å². The monoisotopic (exact) mass is 339 g/mol. The molecule has 0 saturated carbocycles. The van der Waals surface area contributed by atoms with E-state index in [1.165, 1.54) is 17.0 Å². The Morgan fingerprint density at radius 2 is 1.91 bits per heavy atom. The summed E-state index contributed by atoms with van der Waals surface area (Å²) in [6.45, 7) is 2.14.